The maximum Gasteiger partial charge on any atom is 0.164 e. The van der Waals surface area contributed by atoms with Crippen molar-refractivity contribution >= 4 is 34.8 Å². The highest BCUT2D eigenvalue weighted by Crippen LogP contribution is 2.26. The van der Waals surface area contributed by atoms with Crippen LogP contribution >= 0.6 is 34.8 Å². The minimum atomic E-state index is 0.566. The molecule has 0 saturated carbocycles. The molecule has 4 rings (SSSR count). The lowest BCUT2D eigenvalue weighted by atomic mass is 10.1. The van der Waals surface area contributed by atoms with Crippen LogP contribution in [0.2, 0.25) is 15.1 Å². The summed E-state index contributed by atoms with van der Waals surface area (Å²) < 4.78 is 0. The van der Waals surface area contributed by atoms with Crippen molar-refractivity contribution in [2.45, 2.75) is 0 Å². The van der Waals surface area contributed by atoms with Crippen LogP contribution in [0.25, 0.3) is 34.2 Å². The molecule has 0 aliphatic carbocycles. The quantitative estimate of drug-likeness (QED) is 0.370. The van der Waals surface area contributed by atoms with Crippen LogP contribution in [0.3, 0.4) is 0 Å². The van der Waals surface area contributed by atoms with Crippen molar-refractivity contribution in [3.05, 3.63) is 87.9 Å². The summed E-state index contributed by atoms with van der Waals surface area (Å²) in [6, 6.07) is 22.2. The van der Waals surface area contributed by atoms with Crippen molar-refractivity contribution in [2.75, 3.05) is 0 Å². The van der Waals surface area contributed by atoms with E-state index in [1.54, 1.807) is 0 Å². The van der Waals surface area contributed by atoms with Crippen LogP contribution < -0.4 is 0 Å². The summed E-state index contributed by atoms with van der Waals surface area (Å²) in [6.45, 7) is 0. The van der Waals surface area contributed by atoms with E-state index in [1.165, 1.54) is 0 Å². The predicted molar refractivity (Wildman–Crippen MR) is 111 cm³/mol. The van der Waals surface area contributed by atoms with Gasteiger partial charge in [0, 0.05) is 31.8 Å². The second kappa shape index (κ2) is 7.65. The van der Waals surface area contributed by atoms with Crippen molar-refractivity contribution < 1.29 is 0 Å². The van der Waals surface area contributed by atoms with Gasteiger partial charge >= 0.3 is 0 Å². The third-order valence-electron chi connectivity index (χ3n) is 3.94. The molecule has 0 bridgehead atoms. The molecular weight excluding hydrogens is 401 g/mol. The first-order chi connectivity index (χ1) is 13.1. The molecule has 27 heavy (non-hydrogen) atoms. The van der Waals surface area contributed by atoms with E-state index < -0.39 is 0 Å². The molecule has 1 heterocycles. The lowest BCUT2D eigenvalue weighted by molar-refractivity contribution is 1.07. The van der Waals surface area contributed by atoms with Crippen LogP contribution in [0.4, 0.5) is 0 Å². The van der Waals surface area contributed by atoms with Gasteiger partial charge in [-0.25, -0.2) is 15.0 Å². The monoisotopic (exact) mass is 411 g/mol. The topological polar surface area (TPSA) is 38.7 Å². The van der Waals surface area contributed by atoms with Gasteiger partial charge in [-0.2, -0.15) is 0 Å². The Bertz CT molecular complexity index is 923. The van der Waals surface area contributed by atoms with Gasteiger partial charge in [0.1, 0.15) is 0 Å². The van der Waals surface area contributed by atoms with Crippen molar-refractivity contribution in [1.29, 1.82) is 0 Å². The molecule has 0 N–H and O–H groups in total. The molecule has 0 atom stereocenters. The molecular formula is C21H12Cl3N3. The lowest BCUT2D eigenvalue weighted by Crippen LogP contribution is -2.00. The maximum absolute atomic E-state index is 6.00. The van der Waals surface area contributed by atoms with Crippen LogP contribution in [-0.2, 0) is 0 Å². The molecule has 0 radical (unpaired) electrons. The highest BCUT2D eigenvalue weighted by atomic mass is 35.5. The number of benzene rings is 3. The molecule has 1 aromatic heterocycles. The first-order valence-corrected chi connectivity index (χ1v) is 9.26. The molecule has 0 amide bonds. The average molecular weight is 413 g/mol. The van der Waals surface area contributed by atoms with Gasteiger partial charge in [0.2, 0.25) is 0 Å². The fraction of sp³-hybridized carbons (Fsp3) is 0. The van der Waals surface area contributed by atoms with E-state index in [2.05, 4.69) is 15.0 Å². The largest absolute Gasteiger partial charge is 0.208 e. The van der Waals surface area contributed by atoms with Gasteiger partial charge in [-0.1, -0.05) is 34.8 Å². The van der Waals surface area contributed by atoms with Crippen LogP contribution in [-0.4, -0.2) is 15.0 Å². The maximum atomic E-state index is 6.00. The van der Waals surface area contributed by atoms with E-state index in [0.29, 0.717) is 32.5 Å². The van der Waals surface area contributed by atoms with E-state index in [0.717, 1.165) is 16.7 Å². The number of halogens is 3. The van der Waals surface area contributed by atoms with Gasteiger partial charge in [0.15, 0.2) is 17.5 Å². The molecule has 6 heteroatoms. The Kier molecular flexibility index (Phi) is 5.08. The Morgan fingerprint density at radius 3 is 0.815 bits per heavy atom. The zero-order valence-electron chi connectivity index (χ0n) is 13.9. The molecule has 0 fully saturated rings. The molecule has 3 aromatic carbocycles. The molecule has 4 aromatic rings. The molecule has 0 saturated heterocycles. The van der Waals surface area contributed by atoms with Gasteiger partial charge < -0.3 is 0 Å². The van der Waals surface area contributed by atoms with Crippen LogP contribution in [0.5, 0.6) is 0 Å². The van der Waals surface area contributed by atoms with E-state index in [1.807, 2.05) is 72.8 Å². The zero-order valence-corrected chi connectivity index (χ0v) is 16.2. The number of hydrogen-bond acceptors (Lipinski definition) is 3. The smallest absolute Gasteiger partial charge is 0.164 e. The molecule has 0 aliphatic rings. The Balaban J connectivity index is 1.89. The Morgan fingerprint density at radius 1 is 0.370 bits per heavy atom. The van der Waals surface area contributed by atoms with E-state index in [-0.39, 0.29) is 0 Å². The number of hydrogen-bond donors (Lipinski definition) is 0. The van der Waals surface area contributed by atoms with Gasteiger partial charge in [-0.3, -0.25) is 0 Å². The zero-order chi connectivity index (χ0) is 18.8. The van der Waals surface area contributed by atoms with Gasteiger partial charge in [-0.15, -0.1) is 0 Å². The predicted octanol–water partition coefficient (Wildman–Crippen LogP) is 6.83. The van der Waals surface area contributed by atoms with Crippen molar-refractivity contribution in [3.8, 4) is 34.2 Å². The van der Waals surface area contributed by atoms with E-state index in [4.69, 9.17) is 34.8 Å². The number of nitrogens with zero attached hydrogens (tertiary/aromatic N) is 3. The van der Waals surface area contributed by atoms with Crippen molar-refractivity contribution in [2.24, 2.45) is 0 Å². The summed E-state index contributed by atoms with van der Waals surface area (Å²) in [5, 5.41) is 1.97. The Morgan fingerprint density at radius 2 is 0.593 bits per heavy atom. The summed E-state index contributed by atoms with van der Waals surface area (Å²) in [5.74, 6) is 1.70. The SMILES string of the molecule is Clc1ccc(-c2nc(-c3ccc(Cl)cc3)nc(-c3ccc(Cl)cc3)n2)cc1. The second-order valence-electron chi connectivity index (χ2n) is 5.83. The molecule has 0 unspecified atom stereocenters. The summed E-state index contributed by atoms with van der Waals surface area (Å²) in [6.07, 6.45) is 0. The van der Waals surface area contributed by atoms with Crippen molar-refractivity contribution in [3.63, 3.8) is 0 Å². The Hall–Kier alpha value is -2.46. The third kappa shape index (κ3) is 4.11. The Labute approximate surface area is 171 Å². The number of rotatable bonds is 3. The van der Waals surface area contributed by atoms with Gasteiger partial charge in [0.05, 0.1) is 0 Å². The fourth-order valence-corrected chi connectivity index (χ4v) is 2.94. The standard InChI is InChI=1S/C21H12Cl3N3/c22-16-7-1-13(2-8-16)19-25-20(14-3-9-17(23)10-4-14)27-21(26-19)15-5-11-18(24)12-6-15/h1-12H. The van der Waals surface area contributed by atoms with Crippen LogP contribution in [0, 0.1) is 0 Å². The minimum Gasteiger partial charge on any atom is -0.208 e. The highest BCUT2D eigenvalue weighted by molar-refractivity contribution is 6.31. The summed E-state index contributed by atoms with van der Waals surface area (Å²) in [4.78, 5) is 13.9. The normalized spacial score (nSPS) is 10.8. The number of aromatic nitrogens is 3. The van der Waals surface area contributed by atoms with Gasteiger partial charge in [-0.05, 0) is 72.8 Å². The fourth-order valence-electron chi connectivity index (χ4n) is 2.56. The molecule has 0 spiro atoms. The van der Waals surface area contributed by atoms with E-state index in [9.17, 15) is 0 Å². The first-order valence-electron chi connectivity index (χ1n) is 8.12. The summed E-state index contributed by atoms with van der Waals surface area (Å²) in [7, 11) is 0. The van der Waals surface area contributed by atoms with Crippen molar-refractivity contribution in [1.82, 2.24) is 15.0 Å². The molecule has 0 aliphatic heterocycles. The lowest BCUT2D eigenvalue weighted by Gasteiger charge is -2.08. The first kappa shape index (κ1) is 17.9. The average Bonchev–Trinajstić information content (AvgIpc) is 2.69. The molecule has 3 nitrogen and oxygen atoms in total. The highest BCUT2D eigenvalue weighted by Gasteiger charge is 2.12. The van der Waals surface area contributed by atoms with Gasteiger partial charge in [0.25, 0.3) is 0 Å². The molecule has 132 valence electrons. The minimum absolute atomic E-state index is 0.566. The van der Waals surface area contributed by atoms with E-state index >= 15 is 0 Å². The third-order valence-corrected chi connectivity index (χ3v) is 4.70. The second-order valence-corrected chi connectivity index (χ2v) is 7.14. The summed E-state index contributed by atoms with van der Waals surface area (Å²) in [5.41, 5.74) is 2.56. The van der Waals surface area contributed by atoms with Crippen LogP contribution in [0.15, 0.2) is 72.8 Å². The summed E-state index contributed by atoms with van der Waals surface area (Å²) >= 11 is 18.0. The van der Waals surface area contributed by atoms with Crippen LogP contribution in [0.1, 0.15) is 0 Å².